The van der Waals surface area contributed by atoms with Gasteiger partial charge in [0.15, 0.2) is 0 Å². The minimum atomic E-state index is -0.572. The van der Waals surface area contributed by atoms with E-state index < -0.39 is 11.9 Å². The topological polar surface area (TPSA) is 63.7 Å². The largest absolute Gasteiger partial charge is 0.422 e. The Hall–Kier alpha value is -2.58. The molecule has 0 N–H and O–H groups in total. The van der Waals surface area contributed by atoms with Crippen molar-refractivity contribution in [3.05, 3.63) is 103 Å². The third kappa shape index (κ3) is 5.68. The second-order valence-corrected chi connectivity index (χ2v) is 9.76. The van der Waals surface area contributed by atoms with Gasteiger partial charge in [-0.2, -0.15) is 0 Å². The smallest absolute Gasteiger partial charge is 0.343 e. The summed E-state index contributed by atoms with van der Waals surface area (Å²) >= 11 is 16.1. The van der Waals surface area contributed by atoms with Crippen LogP contribution in [0, 0.1) is 0 Å². The fourth-order valence-electron chi connectivity index (χ4n) is 3.07. The molecule has 1 saturated heterocycles. The molecule has 9 heteroatoms. The van der Waals surface area contributed by atoms with E-state index in [1.54, 1.807) is 66.7 Å². The number of hydrogen-bond acceptors (Lipinski definition) is 5. The number of rotatable bonds is 5. The second-order valence-electron chi connectivity index (χ2n) is 6.98. The van der Waals surface area contributed by atoms with Crippen LogP contribution in [-0.4, -0.2) is 22.0 Å². The predicted octanol–water partition coefficient (Wildman–Crippen LogP) is 7.21. The van der Waals surface area contributed by atoms with Crippen molar-refractivity contribution in [2.75, 3.05) is 0 Å². The fourth-order valence-corrected chi connectivity index (χ4v) is 4.61. The summed E-state index contributed by atoms with van der Waals surface area (Å²) in [5.74, 6) is -0.752. The molecule has 2 amide bonds. The first-order chi connectivity index (χ1) is 15.8. The number of carbonyl (C=O) groups is 3. The quantitative estimate of drug-likeness (QED) is 0.187. The SMILES string of the molecule is O=C(Oc1ccc(Br)cc1/C=C1\SC(=O)N(Cc2cccc(Cl)c2)C1=O)c1ccc(Cl)cc1. The van der Waals surface area contributed by atoms with Crippen molar-refractivity contribution < 1.29 is 19.1 Å². The highest BCUT2D eigenvalue weighted by molar-refractivity contribution is 9.10. The van der Waals surface area contributed by atoms with E-state index in [0.29, 0.717) is 21.2 Å². The third-order valence-corrected chi connectivity index (χ3v) is 6.53. The minimum Gasteiger partial charge on any atom is -0.422 e. The van der Waals surface area contributed by atoms with Crippen LogP contribution in [0.5, 0.6) is 5.75 Å². The second kappa shape index (κ2) is 10.1. The molecule has 5 nitrogen and oxygen atoms in total. The number of amides is 2. The fraction of sp³-hybridized carbons (Fsp3) is 0.0417. The Morgan fingerprint density at radius 2 is 1.76 bits per heavy atom. The highest BCUT2D eigenvalue weighted by Gasteiger charge is 2.35. The number of ether oxygens (including phenoxy) is 1. The zero-order chi connectivity index (χ0) is 23.5. The lowest BCUT2D eigenvalue weighted by molar-refractivity contribution is -0.123. The lowest BCUT2D eigenvalue weighted by Crippen LogP contribution is -2.27. The van der Waals surface area contributed by atoms with E-state index in [9.17, 15) is 14.4 Å². The van der Waals surface area contributed by atoms with Crippen LogP contribution in [0.2, 0.25) is 10.0 Å². The maximum Gasteiger partial charge on any atom is 0.343 e. The van der Waals surface area contributed by atoms with Crippen molar-refractivity contribution in [2.45, 2.75) is 6.54 Å². The van der Waals surface area contributed by atoms with E-state index in [4.69, 9.17) is 27.9 Å². The lowest BCUT2D eigenvalue weighted by Gasteiger charge is -2.12. The van der Waals surface area contributed by atoms with Crippen LogP contribution in [0.15, 0.2) is 76.1 Å². The molecule has 0 saturated carbocycles. The Bertz CT molecular complexity index is 1290. The molecule has 0 aromatic heterocycles. The number of hydrogen-bond donors (Lipinski definition) is 0. The monoisotopic (exact) mass is 561 g/mol. The highest BCUT2D eigenvalue weighted by Crippen LogP contribution is 2.36. The molecular formula is C24H14BrCl2NO4S. The van der Waals surface area contributed by atoms with Gasteiger partial charge in [-0.3, -0.25) is 14.5 Å². The molecule has 0 unspecified atom stereocenters. The summed E-state index contributed by atoms with van der Waals surface area (Å²) in [5, 5.41) is 0.640. The van der Waals surface area contributed by atoms with E-state index in [2.05, 4.69) is 15.9 Å². The molecule has 3 aromatic carbocycles. The molecule has 3 aromatic rings. The molecule has 1 heterocycles. The summed E-state index contributed by atoms with van der Waals surface area (Å²) in [6, 6.07) is 18.3. The van der Waals surface area contributed by atoms with E-state index in [0.717, 1.165) is 26.7 Å². The van der Waals surface area contributed by atoms with Gasteiger partial charge in [0, 0.05) is 20.1 Å². The Labute approximate surface area is 212 Å². The first kappa shape index (κ1) is 23.6. The summed E-state index contributed by atoms with van der Waals surface area (Å²) in [4.78, 5) is 39.4. The van der Waals surface area contributed by atoms with Gasteiger partial charge in [0.1, 0.15) is 5.75 Å². The summed E-state index contributed by atoms with van der Waals surface area (Å²) in [6.07, 6.45) is 1.54. The van der Waals surface area contributed by atoms with Gasteiger partial charge in [-0.05, 0) is 78.0 Å². The van der Waals surface area contributed by atoms with Crippen LogP contribution in [0.3, 0.4) is 0 Å². The maximum atomic E-state index is 12.9. The van der Waals surface area contributed by atoms with Crippen molar-refractivity contribution >= 4 is 74.1 Å². The van der Waals surface area contributed by atoms with Gasteiger partial charge >= 0.3 is 5.97 Å². The van der Waals surface area contributed by atoms with E-state index >= 15 is 0 Å². The minimum absolute atomic E-state index is 0.111. The number of imide groups is 1. The number of esters is 1. The first-order valence-electron chi connectivity index (χ1n) is 9.57. The van der Waals surface area contributed by atoms with Gasteiger partial charge in [0.05, 0.1) is 17.0 Å². The van der Waals surface area contributed by atoms with Gasteiger partial charge in [0.25, 0.3) is 11.1 Å². The highest BCUT2D eigenvalue weighted by atomic mass is 79.9. The van der Waals surface area contributed by atoms with Gasteiger partial charge < -0.3 is 4.74 Å². The molecule has 0 spiro atoms. The number of benzene rings is 3. The summed E-state index contributed by atoms with van der Waals surface area (Å²) in [7, 11) is 0. The average Bonchev–Trinajstić information content (AvgIpc) is 3.03. The van der Waals surface area contributed by atoms with Crippen LogP contribution in [-0.2, 0) is 11.3 Å². The molecule has 1 fully saturated rings. The van der Waals surface area contributed by atoms with Crippen LogP contribution in [0.1, 0.15) is 21.5 Å². The Morgan fingerprint density at radius 3 is 2.48 bits per heavy atom. The molecule has 0 bridgehead atoms. The zero-order valence-electron chi connectivity index (χ0n) is 16.8. The molecule has 0 radical (unpaired) electrons. The van der Waals surface area contributed by atoms with Crippen molar-refractivity contribution in [3.63, 3.8) is 0 Å². The molecule has 166 valence electrons. The Morgan fingerprint density at radius 1 is 1.00 bits per heavy atom. The van der Waals surface area contributed by atoms with Gasteiger partial charge in [0.2, 0.25) is 0 Å². The van der Waals surface area contributed by atoms with E-state index in [-0.39, 0.29) is 22.4 Å². The third-order valence-electron chi connectivity index (χ3n) is 4.64. The van der Waals surface area contributed by atoms with Gasteiger partial charge in [-0.15, -0.1) is 0 Å². The zero-order valence-corrected chi connectivity index (χ0v) is 20.7. The predicted molar refractivity (Wildman–Crippen MR) is 134 cm³/mol. The number of nitrogens with zero attached hydrogens (tertiary/aromatic N) is 1. The standard InChI is InChI=1S/C24H14BrCl2NO4S/c25-17-6-9-20(32-23(30)15-4-7-18(26)8-5-15)16(11-17)12-21-22(29)28(24(31)33-21)13-14-2-1-3-19(27)10-14/h1-12H,13H2/b21-12-. The first-order valence-corrected chi connectivity index (χ1v) is 11.9. The average molecular weight is 563 g/mol. The van der Waals surface area contributed by atoms with Crippen LogP contribution >= 0.6 is 50.9 Å². The molecule has 0 atom stereocenters. The molecule has 0 aliphatic carbocycles. The summed E-state index contributed by atoms with van der Waals surface area (Å²) < 4.78 is 6.27. The van der Waals surface area contributed by atoms with Crippen LogP contribution in [0.4, 0.5) is 4.79 Å². The van der Waals surface area contributed by atoms with E-state index in [1.165, 1.54) is 6.08 Å². The van der Waals surface area contributed by atoms with Crippen molar-refractivity contribution in [3.8, 4) is 5.75 Å². The van der Waals surface area contributed by atoms with Crippen molar-refractivity contribution in [2.24, 2.45) is 0 Å². The van der Waals surface area contributed by atoms with Crippen molar-refractivity contribution in [1.82, 2.24) is 4.90 Å². The molecule has 1 aliphatic heterocycles. The number of thioether (sulfide) groups is 1. The summed E-state index contributed by atoms with van der Waals surface area (Å²) in [5.41, 5.74) is 1.54. The number of carbonyl (C=O) groups excluding carboxylic acids is 3. The number of halogens is 3. The Balaban J connectivity index is 1.58. The van der Waals surface area contributed by atoms with E-state index in [1.807, 2.05) is 0 Å². The maximum absolute atomic E-state index is 12.9. The van der Waals surface area contributed by atoms with Crippen LogP contribution in [0.25, 0.3) is 6.08 Å². The Kier molecular flexibility index (Phi) is 7.24. The molecule has 1 aliphatic rings. The van der Waals surface area contributed by atoms with Crippen molar-refractivity contribution in [1.29, 1.82) is 0 Å². The summed E-state index contributed by atoms with van der Waals surface area (Å²) in [6.45, 7) is 0.111. The molecule has 33 heavy (non-hydrogen) atoms. The molecule has 4 rings (SSSR count). The normalized spacial score (nSPS) is 14.8. The van der Waals surface area contributed by atoms with Gasteiger partial charge in [-0.25, -0.2) is 4.79 Å². The van der Waals surface area contributed by atoms with Crippen LogP contribution < -0.4 is 4.74 Å². The molecular weight excluding hydrogens is 549 g/mol. The van der Waals surface area contributed by atoms with Gasteiger partial charge in [-0.1, -0.05) is 51.3 Å². The lowest BCUT2D eigenvalue weighted by atomic mass is 10.1.